The molecule has 0 aromatic heterocycles. The second-order valence-electron chi connectivity index (χ2n) is 7.29. The molecule has 1 saturated heterocycles. The van der Waals surface area contributed by atoms with Gasteiger partial charge in [-0.15, -0.1) is 0 Å². The molecule has 0 bridgehead atoms. The molecule has 7 nitrogen and oxygen atoms in total. The molecule has 26 heavy (non-hydrogen) atoms. The minimum atomic E-state index is -0.899. The van der Waals surface area contributed by atoms with E-state index in [-0.39, 0.29) is 12.3 Å². The van der Waals surface area contributed by atoms with E-state index in [1.54, 1.807) is 38.1 Å². The van der Waals surface area contributed by atoms with E-state index < -0.39 is 17.5 Å². The first-order valence-electron chi connectivity index (χ1n) is 8.97. The Morgan fingerprint density at radius 1 is 1.15 bits per heavy atom. The lowest BCUT2D eigenvalue weighted by molar-refractivity contribution is -0.137. The molecule has 1 heterocycles. The molecule has 0 spiro atoms. The second-order valence-corrected chi connectivity index (χ2v) is 7.29. The fourth-order valence-corrected chi connectivity index (χ4v) is 2.96. The van der Waals surface area contributed by atoms with Crippen LogP contribution in [0.25, 0.3) is 0 Å². The quantitative estimate of drug-likeness (QED) is 0.725. The molecule has 0 aliphatic carbocycles. The van der Waals surface area contributed by atoms with E-state index in [9.17, 15) is 14.4 Å². The molecule has 142 valence electrons. The number of piperidine rings is 1. The Kier molecular flexibility index (Phi) is 6.60. The highest BCUT2D eigenvalue weighted by Gasteiger charge is 2.22. The summed E-state index contributed by atoms with van der Waals surface area (Å²) < 4.78 is 0. The normalized spacial score (nSPS) is 14.6. The van der Waals surface area contributed by atoms with E-state index >= 15 is 0 Å². The Morgan fingerprint density at radius 2 is 1.85 bits per heavy atom. The maximum absolute atomic E-state index is 12.6. The van der Waals surface area contributed by atoms with Gasteiger partial charge in [0.15, 0.2) is 0 Å². The third-order valence-electron chi connectivity index (χ3n) is 4.43. The zero-order valence-electron chi connectivity index (χ0n) is 15.4. The molecule has 0 atom stereocenters. The van der Waals surface area contributed by atoms with E-state index in [0.29, 0.717) is 17.7 Å². The van der Waals surface area contributed by atoms with Gasteiger partial charge in [-0.25, -0.2) is 4.79 Å². The van der Waals surface area contributed by atoms with Gasteiger partial charge in [0.1, 0.15) is 0 Å². The van der Waals surface area contributed by atoms with Gasteiger partial charge in [-0.05, 0) is 57.7 Å². The molecular formula is C19H27N3O4. The number of hydrogen-bond donors (Lipinski definition) is 3. The number of hydrogen-bond acceptors (Lipinski definition) is 3. The summed E-state index contributed by atoms with van der Waals surface area (Å²) in [5.74, 6) is -0.917. The fourth-order valence-electron chi connectivity index (χ4n) is 2.96. The molecule has 7 heteroatoms. The number of benzene rings is 1. The van der Waals surface area contributed by atoms with Crippen LogP contribution in [-0.4, -0.2) is 46.5 Å². The van der Waals surface area contributed by atoms with E-state index in [2.05, 4.69) is 10.6 Å². The number of urea groups is 1. The maximum atomic E-state index is 12.6. The van der Waals surface area contributed by atoms with Gasteiger partial charge < -0.3 is 20.6 Å². The number of carbonyl (C=O) groups excluding carboxylic acids is 2. The molecule has 1 aromatic rings. The topological polar surface area (TPSA) is 98.7 Å². The average molecular weight is 361 g/mol. The third-order valence-corrected chi connectivity index (χ3v) is 4.43. The summed E-state index contributed by atoms with van der Waals surface area (Å²) in [5, 5.41) is 14.3. The standard InChI is InChI=1S/C19H27N3O4/c1-19(2,10-9-16(23)24)21-18(26)20-15-8-6-7-14(13-15)17(25)22-11-4-3-5-12-22/h6-8,13H,3-5,9-12H2,1-2H3,(H,23,24)(H2,20,21,26). The highest BCUT2D eigenvalue weighted by molar-refractivity contribution is 5.97. The van der Waals surface area contributed by atoms with Crippen LogP contribution < -0.4 is 10.6 Å². The largest absolute Gasteiger partial charge is 0.481 e. The summed E-state index contributed by atoms with van der Waals surface area (Å²) in [6, 6.07) is 6.44. The van der Waals surface area contributed by atoms with Crippen molar-refractivity contribution in [1.82, 2.24) is 10.2 Å². The van der Waals surface area contributed by atoms with Crippen molar-refractivity contribution < 1.29 is 19.5 Å². The van der Waals surface area contributed by atoms with Crippen LogP contribution in [0.5, 0.6) is 0 Å². The molecule has 2 rings (SSSR count). The van der Waals surface area contributed by atoms with Crippen LogP contribution in [0.3, 0.4) is 0 Å². The van der Waals surface area contributed by atoms with Gasteiger partial charge >= 0.3 is 12.0 Å². The molecule has 0 radical (unpaired) electrons. The van der Waals surface area contributed by atoms with Crippen molar-refractivity contribution in [2.24, 2.45) is 0 Å². The monoisotopic (exact) mass is 361 g/mol. The Labute approximate surface area is 153 Å². The van der Waals surface area contributed by atoms with E-state index in [4.69, 9.17) is 5.11 Å². The van der Waals surface area contributed by atoms with Crippen LogP contribution >= 0.6 is 0 Å². The van der Waals surface area contributed by atoms with Crippen LogP contribution in [0.15, 0.2) is 24.3 Å². The third kappa shape index (κ3) is 6.06. The van der Waals surface area contributed by atoms with Gasteiger partial charge in [0.2, 0.25) is 0 Å². The summed E-state index contributed by atoms with van der Waals surface area (Å²) in [7, 11) is 0. The van der Waals surface area contributed by atoms with Crippen molar-refractivity contribution in [2.75, 3.05) is 18.4 Å². The molecule has 1 fully saturated rings. The first-order chi connectivity index (χ1) is 12.3. The van der Waals surface area contributed by atoms with E-state index in [1.165, 1.54) is 0 Å². The smallest absolute Gasteiger partial charge is 0.319 e. The van der Waals surface area contributed by atoms with Gasteiger partial charge in [0.05, 0.1) is 0 Å². The van der Waals surface area contributed by atoms with Crippen molar-refractivity contribution in [2.45, 2.75) is 51.5 Å². The van der Waals surface area contributed by atoms with E-state index in [1.807, 2.05) is 4.90 Å². The van der Waals surface area contributed by atoms with Gasteiger partial charge in [0, 0.05) is 36.3 Å². The van der Waals surface area contributed by atoms with Crippen molar-refractivity contribution in [3.63, 3.8) is 0 Å². The zero-order chi connectivity index (χ0) is 19.2. The van der Waals surface area contributed by atoms with Crippen molar-refractivity contribution in [3.8, 4) is 0 Å². The van der Waals surface area contributed by atoms with Crippen LogP contribution in [0, 0.1) is 0 Å². The number of nitrogens with zero attached hydrogens (tertiary/aromatic N) is 1. The number of anilines is 1. The Bertz CT molecular complexity index is 667. The lowest BCUT2D eigenvalue weighted by atomic mass is 9.99. The lowest BCUT2D eigenvalue weighted by Gasteiger charge is -2.27. The second kappa shape index (κ2) is 8.69. The van der Waals surface area contributed by atoms with Crippen LogP contribution in [-0.2, 0) is 4.79 Å². The minimum absolute atomic E-state index is 0.0180. The number of nitrogens with one attached hydrogen (secondary N) is 2. The van der Waals surface area contributed by atoms with Crippen LogP contribution in [0.4, 0.5) is 10.5 Å². The van der Waals surface area contributed by atoms with Crippen molar-refractivity contribution >= 4 is 23.6 Å². The zero-order valence-corrected chi connectivity index (χ0v) is 15.4. The fraction of sp³-hybridized carbons (Fsp3) is 0.526. The van der Waals surface area contributed by atoms with Crippen LogP contribution in [0.1, 0.15) is 56.3 Å². The van der Waals surface area contributed by atoms with Gasteiger partial charge in [-0.3, -0.25) is 9.59 Å². The van der Waals surface area contributed by atoms with Crippen molar-refractivity contribution in [1.29, 1.82) is 0 Å². The number of amides is 3. The number of aliphatic carboxylic acids is 1. The summed E-state index contributed by atoms with van der Waals surface area (Å²) >= 11 is 0. The number of carboxylic acid groups (broad SMARTS) is 1. The molecule has 1 aliphatic heterocycles. The molecule has 3 N–H and O–H groups in total. The first kappa shape index (κ1) is 19.8. The Hall–Kier alpha value is -2.57. The summed E-state index contributed by atoms with van der Waals surface area (Å²) in [6.45, 7) is 5.08. The SMILES string of the molecule is CC(C)(CCC(=O)O)NC(=O)Nc1cccc(C(=O)N2CCCCC2)c1. The molecule has 3 amide bonds. The lowest BCUT2D eigenvalue weighted by Crippen LogP contribution is -2.45. The average Bonchev–Trinajstić information content (AvgIpc) is 2.60. The maximum Gasteiger partial charge on any atom is 0.319 e. The predicted octanol–water partition coefficient (Wildman–Crippen LogP) is 3.08. The number of likely N-dealkylation sites (tertiary alicyclic amines) is 1. The molecular weight excluding hydrogens is 334 g/mol. The van der Waals surface area contributed by atoms with Gasteiger partial charge in [0.25, 0.3) is 5.91 Å². The summed E-state index contributed by atoms with van der Waals surface area (Å²) in [5.41, 5.74) is 0.429. The minimum Gasteiger partial charge on any atom is -0.481 e. The molecule has 0 unspecified atom stereocenters. The number of carbonyl (C=O) groups is 3. The highest BCUT2D eigenvalue weighted by Crippen LogP contribution is 2.17. The van der Waals surface area contributed by atoms with Crippen molar-refractivity contribution in [3.05, 3.63) is 29.8 Å². The first-order valence-corrected chi connectivity index (χ1v) is 8.97. The predicted molar refractivity (Wildman–Crippen MR) is 99.3 cm³/mol. The summed E-state index contributed by atoms with van der Waals surface area (Å²) in [6.07, 6.45) is 3.51. The Balaban J connectivity index is 1.95. The highest BCUT2D eigenvalue weighted by atomic mass is 16.4. The number of carboxylic acids is 1. The molecule has 0 saturated carbocycles. The van der Waals surface area contributed by atoms with Crippen LogP contribution in [0.2, 0.25) is 0 Å². The number of rotatable bonds is 6. The molecule has 1 aliphatic rings. The van der Waals surface area contributed by atoms with Gasteiger partial charge in [-0.1, -0.05) is 6.07 Å². The van der Waals surface area contributed by atoms with Gasteiger partial charge in [-0.2, -0.15) is 0 Å². The molecule has 1 aromatic carbocycles. The Morgan fingerprint density at radius 3 is 2.50 bits per heavy atom. The van der Waals surface area contributed by atoms with E-state index in [0.717, 1.165) is 32.4 Å². The summed E-state index contributed by atoms with van der Waals surface area (Å²) in [4.78, 5) is 37.3.